The van der Waals surface area contributed by atoms with E-state index in [0.29, 0.717) is 29.3 Å². The Hall–Kier alpha value is -2.63. The number of fused-ring (bicyclic) bond motifs is 1. The Morgan fingerprint density at radius 2 is 1.97 bits per heavy atom. The molecule has 0 saturated heterocycles. The molecule has 36 heavy (non-hydrogen) atoms. The van der Waals surface area contributed by atoms with E-state index in [4.69, 9.17) is 13.9 Å². The molecule has 0 saturated carbocycles. The Balaban J connectivity index is 1.49. The Morgan fingerprint density at radius 1 is 1.17 bits per heavy atom. The molecule has 1 aromatic heterocycles. The van der Waals surface area contributed by atoms with Crippen molar-refractivity contribution in [1.82, 2.24) is 5.43 Å². The summed E-state index contributed by atoms with van der Waals surface area (Å²) in [5, 5.41) is 14.2. The van der Waals surface area contributed by atoms with E-state index in [1.54, 1.807) is 18.2 Å². The average molecular weight is 770 g/mol. The van der Waals surface area contributed by atoms with E-state index < -0.39 is 5.91 Å². The molecule has 182 valence electrons. The van der Waals surface area contributed by atoms with Crippen molar-refractivity contribution in [3.8, 4) is 17.6 Å². The van der Waals surface area contributed by atoms with Crippen LogP contribution in [0.4, 0.5) is 0 Å². The fraction of sp³-hybridized carbons (Fsp3) is 0.115. The Morgan fingerprint density at radius 3 is 2.75 bits per heavy atom. The molecule has 4 rings (SSSR count). The summed E-state index contributed by atoms with van der Waals surface area (Å²) in [6, 6.07) is 18.6. The van der Waals surface area contributed by atoms with Gasteiger partial charge in [-0.3, -0.25) is 4.79 Å². The molecule has 0 aliphatic rings. The number of benzene rings is 3. The molecule has 0 bridgehead atoms. The van der Waals surface area contributed by atoms with Gasteiger partial charge in [0.1, 0.15) is 12.2 Å². The zero-order chi connectivity index (χ0) is 25.7. The maximum Gasteiger partial charge on any atom is 0.307 e. The van der Waals surface area contributed by atoms with Gasteiger partial charge in [-0.2, -0.15) is 10.4 Å². The topological polar surface area (TPSA) is 96.8 Å². The maximum absolute atomic E-state index is 12.6. The van der Waals surface area contributed by atoms with Crippen LogP contribution in [-0.4, -0.2) is 18.7 Å². The lowest BCUT2D eigenvalue weighted by molar-refractivity contribution is 0.0929. The number of hydrazone groups is 1. The molecule has 0 unspecified atom stereocenters. The van der Waals surface area contributed by atoms with Gasteiger partial charge in [-0.25, -0.2) is 5.43 Å². The average Bonchev–Trinajstić information content (AvgIpc) is 3.28. The van der Waals surface area contributed by atoms with Gasteiger partial charge in [0, 0.05) is 15.4 Å². The molecule has 1 heterocycles. The summed E-state index contributed by atoms with van der Waals surface area (Å²) >= 11 is 7.77. The van der Waals surface area contributed by atoms with Gasteiger partial charge in [0.25, 0.3) is 0 Å². The number of nitriles is 1. The van der Waals surface area contributed by atoms with E-state index in [-0.39, 0.29) is 12.4 Å². The van der Waals surface area contributed by atoms with Crippen LogP contribution < -0.4 is 14.9 Å². The lowest BCUT2D eigenvalue weighted by Crippen LogP contribution is -2.16. The molecule has 0 radical (unpaired) electrons. The number of nitrogens with zero attached hydrogens (tertiary/aromatic N) is 2. The molecule has 4 aromatic rings. The van der Waals surface area contributed by atoms with E-state index in [1.807, 2.05) is 43.3 Å². The van der Waals surface area contributed by atoms with Crippen LogP contribution >= 0.6 is 61.1 Å². The van der Waals surface area contributed by atoms with E-state index in [0.717, 1.165) is 28.1 Å². The molecular formula is C26H18BrI2N3O4. The first-order valence-corrected chi connectivity index (χ1v) is 13.6. The predicted octanol–water partition coefficient (Wildman–Crippen LogP) is 7.02. The standard InChI is InChI=1S/C26H18BrI2N3O4/c1-2-34-22-8-15(7-20(28)25(22)35-14-17-6-4-3-5-16(17)12-30)13-31-32-26(33)23-10-18-9-19(27)11-21(29)24(18)36-23/h3-11,13H,2,14H2,1H3,(H,32,33)/b31-13-. The van der Waals surface area contributed by atoms with Gasteiger partial charge in [0.2, 0.25) is 0 Å². The van der Waals surface area contributed by atoms with Gasteiger partial charge < -0.3 is 13.9 Å². The molecule has 0 fully saturated rings. The third kappa shape index (κ3) is 6.19. The predicted molar refractivity (Wildman–Crippen MR) is 158 cm³/mol. The van der Waals surface area contributed by atoms with Crippen LogP contribution in [0.25, 0.3) is 11.0 Å². The van der Waals surface area contributed by atoms with Crippen LogP contribution in [0, 0.1) is 18.5 Å². The SMILES string of the molecule is CCOc1cc(/C=N\NC(=O)c2cc3cc(Br)cc(I)c3o2)cc(I)c1OCc1ccccc1C#N. The van der Waals surface area contributed by atoms with Gasteiger partial charge in [-0.05, 0) is 94.1 Å². The Bertz CT molecular complexity index is 1510. The third-order valence-corrected chi connectivity index (χ3v) is 7.04. The van der Waals surface area contributed by atoms with Crippen molar-refractivity contribution in [2.45, 2.75) is 13.5 Å². The van der Waals surface area contributed by atoms with Crippen molar-refractivity contribution in [3.05, 3.63) is 88.7 Å². The first-order valence-electron chi connectivity index (χ1n) is 10.7. The normalized spacial score (nSPS) is 11.0. The van der Waals surface area contributed by atoms with E-state index in [9.17, 15) is 10.1 Å². The number of ether oxygens (including phenoxy) is 2. The molecule has 7 nitrogen and oxygen atoms in total. The summed E-state index contributed by atoms with van der Waals surface area (Å²) in [5.74, 6) is 0.841. The zero-order valence-corrected chi connectivity index (χ0v) is 24.8. The molecular weight excluding hydrogens is 752 g/mol. The van der Waals surface area contributed by atoms with E-state index >= 15 is 0 Å². The summed E-state index contributed by atoms with van der Waals surface area (Å²) < 4.78 is 20.2. The van der Waals surface area contributed by atoms with Crippen LogP contribution in [0.2, 0.25) is 0 Å². The highest BCUT2D eigenvalue weighted by atomic mass is 127. The van der Waals surface area contributed by atoms with Crippen molar-refractivity contribution in [3.63, 3.8) is 0 Å². The smallest absolute Gasteiger partial charge is 0.307 e. The number of carbonyl (C=O) groups is 1. The summed E-state index contributed by atoms with van der Waals surface area (Å²) in [7, 11) is 0. The van der Waals surface area contributed by atoms with Crippen molar-refractivity contribution in [2.24, 2.45) is 5.10 Å². The van der Waals surface area contributed by atoms with Crippen LogP contribution in [0.1, 0.15) is 34.2 Å². The third-order valence-electron chi connectivity index (χ3n) is 4.98. The highest BCUT2D eigenvalue weighted by Crippen LogP contribution is 2.35. The summed E-state index contributed by atoms with van der Waals surface area (Å²) in [5.41, 5.74) is 5.23. The van der Waals surface area contributed by atoms with Crippen molar-refractivity contribution in [1.29, 1.82) is 5.26 Å². The lowest BCUT2D eigenvalue weighted by Gasteiger charge is -2.15. The molecule has 0 aliphatic heterocycles. The largest absolute Gasteiger partial charge is 0.490 e. The quantitative estimate of drug-likeness (QED) is 0.118. The fourth-order valence-electron chi connectivity index (χ4n) is 3.38. The molecule has 0 aliphatic carbocycles. The second kappa shape index (κ2) is 12.1. The minimum absolute atomic E-state index is 0.171. The number of nitrogens with one attached hydrogen (secondary N) is 1. The number of furan rings is 1. The highest BCUT2D eigenvalue weighted by molar-refractivity contribution is 14.1. The summed E-state index contributed by atoms with van der Waals surface area (Å²) in [6.45, 7) is 2.56. The van der Waals surface area contributed by atoms with E-state index in [2.05, 4.69) is 77.7 Å². The number of hydrogen-bond acceptors (Lipinski definition) is 6. The monoisotopic (exact) mass is 769 g/mol. The van der Waals surface area contributed by atoms with E-state index in [1.165, 1.54) is 6.21 Å². The lowest BCUT2D eigenvalue weighted by atomic mass is 10.1. The second-order valence-corrected chi connectivity index (χ2v) is 10.7. The van der Waals surface area contributed by atoms with Crippen LogP contribution in [-0.2, 0) is 6.61 Å². The van der Waals surface area contributed by atoms with Gasteiger partial charge in [-0.15, -0.1) is 0 Å². The van der Waals surface area contributed by atoms with Crippen molar-refractivity contribution in [2.75, 3.05) is 6.61 Å². The number of carbonyl (C=O) groups excluding carboxylic acids is 1. The maximum atomic E-state index is 12.6. The first kappa shape index (κ1) is 26.4. The molecule has 1 N–H and O–H groups in total. The minimum atomic E-state index is -0.454. The molecule has 0 spiro atoms. The summed E-state index contributed by atoms with van der Waals surface area (Å²) in [6.07, 6.45) is 1.53. The highest BCUT2D eigenvalue weighted by Gasteiger charge is 2.15. The number of amides is 1. The van der Waals surface area contributed by atoms with Crippen molar-refractivity contribution >= 4 is 84.2 Å². The fourth-order valence-corrected chi connectivity index (χ4v) is 5.82. The Kier molecular flexibility index (Phi) is 8.86. The number of hydrogen-bond donors (Lipinski definition) is 1. The van der Waals surface area contributed by atoms with Crippen molar-refractivity contribution < 1.29 is 18.7 Å². The van der Waals surface area contributed by atoms with Gasteiger partial charge in [0.05, 0.1) is 31.6 Å². The Labute approximate surface area is 243 Å². The van der Waals surface area contributed by atoms with Crippen LogP contribution in [0.3, 0.4) is 0 Å². The molecule has 0 atom stereocenters. The molecule has 1 amide bonds. The first-order chi connectivity index (χ1) is 17.4. The second-order valence-electron chi connectivity index (χ2n) is 7.44. The van der Waals surface area contributed by atoms with Crippen LogP contribution in [0.5, 0.6) is 11.5 Å². The number of halogens is 3. The van der Waals surface area contributed by atoms with Gasteiger partial charge >= 0.3 is 5.91 Å². The summed E-state index contributed by atoms with van der Waals surface area (Å²) in [4.78, 5) is 12.6. The van der Waals surface area contributed by atoms with Crippen LogP contribution in [0.15, 0.2) is 68.6 Å². The number of rotatable bonds is 8. The zero-order valence-electron chi connectivity index (χ0n) is 18.8. The molecule has 3 aromatic carbocycles. The van der Waals surface area contributed by atoms with Gasteiger partial charge in [0.15, 0.2) is 17.3 Å². The minimum Gasteiger partial charge on any atom is -0.490 e. The van der Waals surface area contributed by atoms with Gasteiger partial charge in [-0.1, -0.05) is 34.1 Å². The molecule has 10 heteroatoms.